The molecule has 4 heterocycles. The van der Waals surface area contributed by atoms with Crippen LogP contribution in [0.5, 0.6) is 11.5 Å². The number of ether oxygens (including phenoxy) is 3. The summed E-state index contributed by atoms with van der Waals surface area (Å²) in [6.45, 7) is 2.64. The molecule has 41 heavy (non-hydrogen) atoms. The molecule has 2 fully saturated rings. The van der Waals surface area contributed by atoms with E-state index in [-0.39, 0.29) is 28.9 Å². The van der Waals surface area contributed by atoms with E-state index in [1.807, 2.05) is 36.4 Å². The van der Waals surface area contributed by atoms with Crippen molar-refractivity contribution in [3.05, 3.63) is 70.3 Å². The normalized spacial score (nSPS) is 18.5. The average molecular weight is 559 g/mol. The van der Waals surface area contributed by atoms with Crippen LogP contribution in [0.4, 0.5) is 10.1 Å². The maximum Gasteiger partial charge on any atom is 0.256 e. The van der Waals surface area contributed by atoms with Crippen LogP contribution in [0.3, 0.4) is 0 Å². The second-order valence-corrected chi connectivity index (χ2v) is 10.8. The maximum absolute atomic E-state index is 15.7. The van der Waals surface area contributed by atoms with Crippen molar-refractivity contribution in [2.75, 3.05) is 45.2 Å². The summed E-state index contributed by atoms with van der Waals surface area (Å²) in [4.78, 5) is 29.3. The summed E-state index contributed by atoms with van der Waals surface area (Å²) in [5.41, 5.74) is 0.550. The number of likely N-dealkylation sites (tertiary alicyclic amines) is 1. The van der Waals surface area contributed by atoms with Gasteiger partial charge in [-0.05, 0) is 61.8 Å². The van der Waals surface area contributed by atoms with E-state index in [2.05, 4.69) is 22.6 Å². The van der Waals surface area contributed by atoms with E-state index in [4.69, 9.17) is 14.2 Å². The number of rotatable bonds is 7. The minimum absolute atomic E-state index is 0.0444. The highest BCUT2D eigenvalue weighted by Crippen LogP contribution is 2.46. The molecule has 3 aromatic carbocycles. The molecule has 3 aliphatic rings. The first-order chi connectivity index (χ1) is 20.0. The molecule has 0 aliphatic carbocycles. The van der Waals surface area contributed by atoms with Crippen molar-refractivity contribution in [1.29, 1.82) is 0 Å². The van der Waals surface area contributed by atoms with Crippen LogP contribution in [0.15, 0.2) is 53.5 Å². The molecule has 0 bridgehead atoms. The molecule has 2 saturated heterocycles. The van der Waals surface area contributed by atoms with Crippen LogP contribution < -0.4 is 20.8 Å². The lowest BCUT2D eigenvalue weighted by Crippen LogP contribution is -2.34. The van der Waals surface area contributed by atoms with Crippen molar-refractivity contribution >= 4 is 33.3 Å². The molecule has 7 rings (SSSR count). The van der Waals surface area contributed by atoms with Crippen LogP contribution in [0.25, 0.3) is 27.4 Å². The first-order valence-electron chi connectivity index (χ1n) is 14.1. The van der Waals surface area contributed by atoms with Gasteiger partial charge >= 0.3 is 0 Å². The van der Waals surface area contributed by atoms with Gasteiger partial charge in [0.15, 0.2) is 23.6 Å². The fraction of sp³-hybridized carbons (Fsp3) is 0.355. The predicted molar refractivity (Wildman–Crippen MR) is 154 cm³/mol. The van der Waals surface area contributed by atoms with Gasteiger partial charge in [-0.1, -0.05) is 24.3 Å². The first-order valence-corrected chi connectivity index (χ1v) is 14.1. The van der Waals surface area contributed by atoms with E-state index in [1.54, 1.807) is 10.8 Å². The minimum Gasteiger partial charge on any atom is -0.451 e. The van der Waals surface area contributed by atoms with Gasteiger partial charge in [-0.2, -0.15) is 0 Å². The summed E-state index contributed by atoms with van der Waals surface area (Å²) < 4.78 is 34.8. The highest BCUT2D eigenvalue weighted by molar-refractivity contribution is 6.02. The zero-order valence-corrected chi connectivity index (χ0v) is 22.7. The van der Waals surface area contributed by atoms with Crippen molar-refractivity contribution in [1.82, 2.24) is 14.8 Å². The monoisotopic (exact) mass is 558 g/mol. The number of benzene rings is 3. The summed E-state index contributed by atoms with van der Waals surface area (Å²) in [7, 11) is 2.09. The molecule has 10 heteroatoms. The Morgan fingerprint density at radius 1 is 1.12 bits per heavy atom. The van der Waals surface area contributed by atoms with Crippen LogP contribution in [-0.2, 0) is 9.47 Å². The smallest absolute Gasteiger partial charge is 0.256 e. The van der Waals surface area contributed by atoms with E-state index in [9.17, 15) is 9.59 Å². The number of hydrogen-bond donors (Lipinski definition) is 2. The lowest BCUT2D eigenvalue weighted by Gasteiger charge is -2.27. The Bertz CT molecular complexity index is 1730. The van der Waals surface area contributed by atoms with Crippen LogP contribution in [0.2, 0.25) is 0 Å². The highest BCUT2D eigenvalue weighted by Gasteiger charge is 2.30. The molecular formula is C31H31FN4O5. The summed E-state index contributed by atoms with van der Waals surface area (Å²) in [5, 5.41) is 7.96. The van der Waals surface area contributed by atoms with Gasteiger partial charge in [0.2, 0.25) is 5.43 Å². The number of fused-ring (bicyclic) bond motifs is 3. The van der Waals surface area contributed by atoms with Gasteiger partial charge in [0.25, 0.3) is 5.91 Å². The Labute approximate surface area is 235 Å². The molecule has 3 aliphatic heterocycles. The third kappa shape index (κ3) is 4.61. The second-order valence-electron chi connectivity index (χ2n) is 10.8. The van der Waals surface area contributed by atoms with Gasteiger partial charge < -0.3 is 34.3 Å². The van der Waals surface area contributed by atoms with E-state index in [0.717, 1.165) is 36.6 Å². The van der Waals surface area contributed by atoms with Crippen LogP contribution >= 0.6 is 0 Å². The molecule has 1 amide bonds. The van der Waals surface area contributed by atoms with Gasteiger partial charge in [0.1, 0.15) is 16.8 Å². The van der Waals surface area contributed by atoms with E-state index >= 15 is 4.39 Å². The zero-order valence-electron chi connectivity index (χ0n) is 22.7. The van der Waals surface area contributed by atoms with Crippen molar-refractivity contribution in [3.8, 4) is 17.2 Å². The van der Waals surface area contributed by atoms with Gasteiger partial charge in [-0.15, -0.1) is 0 Å². The van der Waals surface area contributed by atoms with Gasteiger partial charge in [0.05, 0.1) is 30.8 Å². The fourth-order valence-corrected chi connectivity index (χ4v) is 6.13. The maximum atomic E-state index is 15.7. The highest BCUT2D eigenvalue weighted by atomic mass is 19.1. The Morgan fingerprint density at radius 2 is 1.90 bits per heavy atom. The topological polar surface area (TPSA) is 94.1 Å². The Morgan fingerprint density at radius 3 is 2.66 bits per heavy atom. The number of carbonyl (C=O) groups excluding carboxylic acids is 1. The SMILES string of the molecule is CN1CCCC1CCNC(=O)c1cn2c3c(c(NCC4OCCO4)c(F)cc3c1=O)Oc1cc3ccccc3cc1-2. The Kier molecular flexibility index (Phi) is 6.61. The third-order valence-corrected chi connectivity index (χ3v) is 8.31. The Balaban J connectivity index is 1.33. The first kappa shape index (κ1) is 25.9. The number of carbonyl (C=O) groups is 1. The lowest BCUT2D eigenvalue weighted by molar-refractivity contribution is -0.0299. The van der Waals surface area contributed by atoms with E-state index in [0.29, 0.717) is 42.8 Å². The molecular weight excluding hydrogens is 527 g/mol. The largest absolute Gasteiger partial charge is 0.451 e. The molecule has 1 atom stereocenters. The standard InChI is InChI=1S/C31H31FN4O5/c1-35-10-4-7-20(35)8-9-33-31(38)22-17-36-24-13-18-5-2-3-6-19(18)14-25(24)41-30-27(34-16-26-39-11-12-40-26)23(32)15-21(28(30)36)29(22)37/h2-3,5-6,13-15,17,20,26,34H,4,7-12,16H2,1H3,(H,33,38). The van der Waals surface area contributed by atoms with E-state index in [1.165, 1.54) is 6.07 Å². The second kappa shape index (κ2) is 10.4. The van der Waals surface area contributed by atoms with E-state index < -0.39 is 23.4 Å². The summed E-state index contributed by atoms with van der Waals surface area (Å²) in [5.74, 6) is -0.483. The number of anilines is 1. The predicted octanol–water partition coefficient (Wildman–Crippen LogP) is 4.39. The fourth-order valence-electron chi connectivity index (χ4n) is 6.13. The minimum atomic E-state index is -0.666. The zero-order chi connectivity index (χ0) is 28.1. The van der Waals surface area contributed by atoms with Gasteiger partial charge in [-0.3, -0.25) is 9.59 Å². The molecule has 212 valence electrons. The summed E-state index contributed by atoms with van der Waals surface area (Å²) in [6.07, 6.45) is 4.07. The number of halogens is 1. The van der Waals surface area contributed by atoms with Gasteiger partial charge in [-0.25, -0.2) is 4.39 Å². The van der Waals surface area contributed by atoms with Gasteiger partial charge in [0, 0.05) is 18.8 Å². The number of amides is 1. The molecule has 1 unspecified atom stereocenters. The third-order valence-electron chi connectivity index (χ3n) is 8.31. The van der Waals surface area contributed by atoms with Crippen LogP contribution in [-0.4, -0.2) is 67.6 Å². The molecule has 0 radical (unpaired) electrons. The number of nitrogens with zero attached hydrogens (tertiary/aromatic N) is 2. The van der Waals surface area contributed by atoms with Crippen molar-refractivity contribution < 1.29 is 23.4 Å². The number of aromatic nitrogens is 1. The average Bonchev–Trinajstić information content (AvgIpc) is 3.64. The number of nitrogens with one attached hydrogen (secondary N) is 2. The number of hydrogen-bond acceptors (Lipinski definition) is 7. The van der Waals surface area contributed by atoms with Crippen LogP contribution in [0, 0.1) is 5.82 Å². The lowest BCUT2D eigenvalue weighted by atomic mass is 10.0. The van der Waals surface area contributed by atoms with Crippen molar-refractivity contribution in [2.24, 2.45) is 0 Å². The molecule has 1 aromatic heterocycles. The summed E-state index contributed by atoms with van der Waals surface area (Å²) >= 11 is 0. The quantitative estimate of drug-likeness (QED) is 0.306. The molecule has 9 nitrogen and oxygen atoms in total. The Hall–Kier alpha value is -3.99. The molecule has 4 aromatic rings. The van der Waals surface area contributed by atoms with Crippen molar-refractivity contribution in [2.45, 2.75) is 31.6 Å². The molecule has 0 spiro atoms. The number of pyridine rings is 1. The van der Waals surface area contributed by atoms with Crippen molar-refractivity contribution in [3.63, 3.8) is 0 Å². The summed E-state index contributed by atoms with van der Waals surface area (Å²) in [6, 6.07) is 13.2. The molecule has 2 N–H and O–H groups in total. The van der Waals surface area contributed by atoms with Crippen LogP contribution in [0.1, 0.15) is 29.6 Å². The molecule has 0 saturated carbocycles.